The second kappa shape index (κ2) is 8.01. The number of nitrogens with zero attached hydrogens (tertiary/aromatic N) is 4. The number of aromatic nitrogens is 4. The Hall–Kier alpha value is -1.19. The molecule has 140 valence electrons. The minimum absolute atomic E-state index is 0.239. The highest BCUT2D eigenvalue weighted by atomic mass is 79.9. The summed E-state index contributed by atoms with van der Waals surface area (Å²) in [5.41, 5.74) is 0.141. The van der Waals surface area contributed by atoms with Crippen LogP contribution in [0.15, 0.2) is 14.3 Å². The molecule has 0 fully saturated rings. The van der Waals surface area contributed by atoms with Gasteiger partial charge in [0, 0.05) is 28.3 Å². The molecule has 0 aliphatic rings. The van der Waals surface area contributed by atoms with Crippen LogP contribution in [0.3, 0.4) is 0 Å². The van der Waals surface area contributed by atoms with E-state index >= 15 is 0 Å². The monoisotopic (exact) mass is 430 g/mol. The van der Waals surface area contributed by atoms with Crippen LogP contribution in [-0.2, 0) is 25.1 Å². The number of aryl methyl sites for hydroxylation is 1. The van der Waals surface area contributed by atoms with Crippen LogP contribution in [0.2, 0.25) is 25.7 Å². The highest BCUT2D eigenvalue weighted by molar-refractivity contribution is 9.10. The molecule has 0 aliphatic heterocycles. The van der Waals surface area contributed by atoms with Gasteiger partial charge < -0.3 is 4.74 Å². The van der Waals surface area contributed by atoms with Gasteiger partial charge in [-0.05, 0) is 28.4 Å². The van der Waals surface area contributed by atoms with E-state index in [1.54, 1.807) is 11.6 Å². The molecule has 2 aromatic rings. The van der Waals surface area contributed by atoms with Crippen molar-refractivity contribution in [2.75, 3.05) is 6.61 Å². The van der Waals surface area contributed by atoms with Gasteiger partial charge in [-0.1, -0.05) is 33.0 Å². The van der Waals surface area contributed by atoms with E-state index in [-0.39, 0.29) is 18.0 Å². The predicted molar refractivity (Wildman–Crippen MR) is 106 cm³/mol. The Morgan fingerprint density at radius 3 is 2.48 bits per heavy atom. The zero-order chi connectivity index (χ0) is 18.8. The fourth-order valence-corrected chi connectivity index (χ4v) is 3.71. The second-order valence-corrected chi connectivity index (χ2v) is 13.8. The van der Waals surface area contributed by atoms with Crippen molar-refractivity contribution in [3.8, 4) is 0 Å². The fraction of sp³-hybridized carbons (Fsp3) is 0.688. The third kappa shape index (κ3) is 4.51. The smallest absolute Gasteiger partial charge is 0.332 e. The van der Waals surface area contributed by atoms with Crippen molar-refractivity contribution in [3.63, 3.8) is 0 Å². The molecule has 0 bridgehead atoms. The topological polar surface area (TPSA) is 71.0 Å². The summed E-state index contributed by atoms with van der Waals surface area (Å²) in [5, 5.41) is 0. The summed E-state index contributed by atoms with van der Waals surface area (Å²) < 4.78 is 10.7. The summed E-state index contributed by atoms with van der Waals surface area (Å²) in [6, 6.07) is 1.05. The zero-order valence-electron chi connectivity index (χ0n) is 15.6. The van der Waals surface area contributed by atoms with E-state index in [9.17, 15) is 9.59 Å². The molecule has 0 aromatic carbocycles. The molecule has 0 saturated heterocycles. The molecule has 0 atom stereocenters. The summed E-state index contributed by atoms with van der Waals surface area (Å²) in [4.78, 5) is 29.6. The lowest BCUT2D eigenvalue weighted by Gasteiger charge is -2.16. The van der Waals surface area contributed by atoms with E-state index in [1.165, 1.54) is 9.13 Å². The molecular formula is C16H27BrN4O3Si. The van der Waals surface area contributed by atoms with Crippen LogP contribution < -0.4 is 11.2 Å². The lowest BCUT2D eigenvalue weighted by molar-refractivity contribution is 0.0882. The minimum Gasteiger partial charge on any atom is -0.361 e. The molecule has 7 nitrogen and oxygen atoms in total. The molecule has 2 heterocycles. The van der Waals surface area contributed by atoms with Gasteiger partial charge in [-0.25, -0.2) is 9.78 Å². The van der Waals surface area contributed by atoms with Crippen LogP contribution in [-0.4, -0.2) is 33.4 Å². The van der Waals surface area contributed by atoms with Crippen LogP contribution >= 0.6 is 15.9 Å². The highest BCUT2D eigenvalue weighted by Gasteiger charge is 2.19. The molecule has 0 unspecified atom stereocenters. The molecule has 25 heavy (non-hydrogen) atoms. The van der Waals surface area contributed by atoms with E-state index in [0.29, 0.717) is 29.0 Å². The lowest BCUT2D eigenvalue weighted by Crippen LogP contribution is -2.39. The molecule has 0 aliphatic carbocycles. The Kier molecular flexibility index (Phi) is 6.44. The van der Waals surface area contributed by atoms with Gasteiger partial charge in [0.25, 0.3) is 5.56 Å². The van der Waals surface area contributed by atoms with Crippen LogP contribution in [0.1, 0.15) is 19.8 Å². The number of ether oxygens (including phenoxy) is 1. The van der Waals surface area contributed by atoms with Crippen molar-refractivity contribution in [1.29, 1.82) is 0 Å². The molecule has 0 spiro atoms. The molecule has 0 saturated carbocycles. The average Bonchev–Trinajstić information content (AvgIpc) is 2.85. The van der Waals surface area contributed by atoms with Gasteiger partial charge in [0.15, 0.2) is 15.9 Å². The van der Waals surface area contributed by atoms with Crippen LogP contribution in [0.5, 0.6) is 0 Å². The van der Waals surface area contributed by atoms with Gasteiger partial charge in [-0.3, -0.25) is 18.5 Å². The van der Waals surface area contributed by atoms with Crippen molar-refractivity contribution >= 4 is 35.2 Å². The molecule has 0 radical (unpaired) electrons. The van der Waals surface area contributed by atoms with E-state index in [1.807, 2.05) is 6.92 Å². The standard InChI is InChI=1S/C16H27BrN4O3Si/c1-6-7-8-20-14(22)12-13(19(2)16(20)23)18-15(17)21(12)11-24-9-10-25(3,4)5/h6-11H2,1-5H3. The van der Waals surface area contributed by atoms with Crippen LogP contribution in [0.4, 0.5) is 0 Å². The van der Waals surface area contributed by atoms with Gasteiger partial charge in [0.1, 0.15) is 6.73 Å². The molecule has 2 rings (SSSR count). The van der Waals surface area contributed by atoms with E-state index in [0.717, 1.165) is 18.9 Å². The summed E-state index contributed by atoms with van der Waals surface area (Å²) in [5.74, 6) is 0. The van der Waals surface area contributed by atoms with Crippen LogP contribution in [0, 0.1) is 0 Å². The van der Waals surface area contributed by atoms with Crippen molar-refractivity contribution < 1.29 is 4.74 Å². The lowest BCUT2D eigenvalue weighted by atomic mass is 10.3. The summed E-state index contributed by atoms with van der Waals surface area (Å²) in [6.45, 7) is 10.2. The first-order valence-electron chi connectivity index (χ1n) is 8.60. The first kappa shape index (κ1) is 20.1. The largest absolute Gasteiger partial charge is 0.361 e. The van der Waals surface area contributed by atoms with Gasteiger partial charge in [0.2, 0.25) is 0 Å². The quantitative estimate of drug-likeness (QED) is 0.366. The van der Waals surface area contributed by atoms with Crippen molar-refractivity contribution in [1.82, 2.24) is 18.7 Å². The predicted octanol–water partition coefficient (Wildman–Crippen LogP) is 2.77. The van der Waals surface area contributed by atoms with Gasteiger partial charge in [-0.2, -0.15) is 0 Å². The normalized spacial score (nSPS) is 12.2. The number of rotatable bonds is 8. The molecule has 2 aromatic heterocycles. The average molecular weight is 431 g/mol. The third-order valence-electron chi connectivity index (χ3n) is 4.14. The number of hydrogen-bond donors (Lipinski definition) is 0. The third-order valence-corrected chi connectivity index (χ3v) is 6.45. The first-order valence-corrected chi connectivity index (χ1v) is 13.1. The second-order valence-electron chi connectivity index (χ2n) is 7.48. The maximum absolute atomic E-state index is 12.9. The maximum Gasteiger partial charge on any atom is 0.332 e. The van der Waals surface area contributed by atoms with E-state index < -0.39 is 8.07 Å². The summed E-state index contributed by atoms with van der Waals surface area (Å²) in [6.07, 6.45) is 1.69. The highest BCUT2D eigenvalue weighted by Crippen LogP contribution is 2.17. The summed E-state index contributed by atoms with van der Waals surface area (Å²) in [7, 11) is 0.471. The minimum atomic E-state index is -1.17. The fourth-order valence-electron chi connectivity index (χ4n) is 2.51. The number of fused-ring (bicyclic) bond motifs is 1. The number of unbranched alkanes of at least 4 members (excludes halogenated alkanes) is 1. The Bertz CT molecular complexity index is 863. The van der Waals surface area contributed by atoms with E-state index in [4.69, 9.17) is 4.74 Å². The molecule has 9 heteroatoms. The van der Waals surface area contributed by atoms with Gasteiger partial charge in [0.05, 0.1) is 0 Å². The van der Waals surface area contributed by atoms with E-state index in [2.05, 4.69) is 40.6 Å². The molecule has 0 amide bonds. The van der Waals surface area contributed by atoms with Gasteiger partial charge >= 0.3 is 5.69 Å². The SMILES string of the molecule is CCCCn1c(=O)c2c(nc(Br)n2COCC[Si](C)(C)C)n(C)c1=O. The van der Waals surface area contributed by atoms with Crippen molar-refractivity contribution in [3.05, 3.63) is 25.6 Å². The van der Waals surface area contributed by atoms with Gasteiger partial charge in [-0.15, -0.1) is 0 Å². The number of hydrogen-bond acceptors (Lipinski definition) is 4. The summed E-state index contributed by atoms with van der Waals surface area (Å²) >= 11 is 3.39. The number of halogens is 1. The molecular weight excluding hydrogens is 404 g/mol. The van der Waals surface area contributed by atoms with Crippen molar-refractivity contribution in [2.24, 2.45) is 7.05 Å². The maximum atomic E-state index is 12.9. The first-order chi connectivity index (χ1) is 11.7. The Morgan fingerprint density at radius 2 is 1.88 bits per heavy atom. The molecule has 0 N–H and O–H groups in total. The zero-order valence-corrected chi connectivity index (χ0v) is 18.2. The van der Waals surface area contributed by atoms with Crippen molar-refractivity contribution in [2.45, 2.75) is 58.7 Å². The Balaban J connectivity index is 2.41. The number of imidazole rings is 1. The van der Waals surface area contributed by atoms with Crippen LogP contribution in [0.25, 0.3) is 11.2 Å². The Labute approximate surface area is 156 Å². The Morgan fingerprint density at radius 1 is 1.20 bits per heavy atom.